The Hall–Kier alpha value is -0.950. The molecule has 1 unspecified atom stereocenters. The van der Waals surface area contributed by atoms with Gasteiger partial charge in [0.25, 0.3) is 0 Å². The lowest BCUT2D eigenvalue weighted by atomic mass is 9.94. The molecule has 0 aliphatic carbocycles. The second-order valence-corrected chi connectivity index (χ2v) is 7.43. The molecule has 1 heterocycles. The summed E-state index contributed by atoms with van der Waals surface area (Å²) in [5, 5.41) is 8.56. The third kappa shape index (κ3) is 4.28. The van der Waals surface area contributed by atoms with Crippen molar-refractivity contribution in [2.75, 3.05) is 6.61 Å². The molecule has 0 radical (unpaired) electrons. The molecule has 1 aliphatic rings. The number of nitrogens with two attached hydrogens (primary N) is 1. The van der Waals surface area contributed by atoms with E-state index >= 15 is 0 Å². The first-order valence-electron chi connectivity index (χ1n) is 6.75. The lowest BCUT2D eigenvalue weighted by Crippen LogP contribution is -2.43. The highest BCUT2D eigenvalue weighted by Gasteiger charge is 2.28. The van der Waals surface area contributed by atoms with Crippen LogP contribution >= 0.6 is 0 Å². The normalized spacial score (nSPS) is 22.6. The van der Waals surface area contributed by atoms with Crippen LogP contribution in [0.25, 0.3) is 0 Å². The molecule has 2 rings (SSSR count). The first-order valence-corrected chi connectivity index (χ1v) is 8.30. The second kappa shape index (κ2) is 5.81. The van der Waals surface area contributed by atoms with Crippen LogP contribution in [0.4, 0.5) is 0 Å². The average molecular weight is 298 g/mol. The minimum atomic E-state index is -3.61. The number of nitrogens with one attached hydrogen (secondary N) is 1. The quantitative estimate of drug-likeness (QED) is 0.880. The largest absolute Gasteiger partial charge is 0.375 e. The zero-order valence-electron chi connectivity index (χ0n) is 11.9. The van der Waals surface area contributed by atoms with Crippen molar-refractivity contribution < 1.29 is 13.2 Å². The number of benzene rings is 1. The Kier molecular flexibility index (Phi) is 4.49. The summed E-state index contributed by atoms with van der Waals surface area (Å²) < 4.78 is 28.0. The van der Waals surface area contributed by atoms with Crippen LogP contribution in [0.1, 0.15) is 32.3 Å². The molecule has 20 heavy (non-hydrogen) atoms. The fourth-order valence-electron chi connectivity index (χ4n) is 2.47. The van der Waals surface area contributed by atoms with Gasteiger partial charge in [-0.05, 0) is 44.4 Å². The van der Waals surface area contributed by atoms with Crippen LogP contribution in [0.5, 0.6) is 0 Å². The molecule has 5 nitrogen and oxygen atoms in total. The van der Waals surface area contributed by atoms with Crippen molar-refractivity contribution in [3.63, 3.8) is 0 Å². The number of rotatable bonds is 4. The number of hydrogen-bond acceptors (Lipinski definition) is 4. The first kappa shape index (κ1) is 15.4. The molecule has 0 bridgehead atoms. The highest BCUT2D eigenvalue weighted by Crippen LogP contribution is 2.24. The summed E-state index contributed by atoms with van der Waals surface area (Å²) in [5.41, 5.74) is 0.967. The van der Waals surface area contributed by atoms with Crippen molar-refractivity contribution in [1.82, 2.24) is 5.32 Å². The standard InChI is InChI=1S/C14H22N2O3S/c1-14(2)9-12(7-8-19-14)16-10-11-3-5-13(6-4-11)20(15,17)18/h3-6,12,16H,7-10H2,1-2H3,(H2,15,17,18). The van der Waals surface area contributed by atoms with Gasteiger partial charge in [-0.25, -0.2) is 13.6 Å². The van der Waals surface area contributed by atoms with E-state index in [1.54, 1.807) is 24.3 Å². The topological polar surface area (TPSA) is 81.4 Å². The molecule has 1 aromatic carbocycles. The van der Waals surface area contributed by atoms with Crippen LogP contribution in [0.15, 0.2) is 29.2 Å². The molecular formula is C14H22N2O3S. The van der Waals surface area contributed by atoms with E-state index in [4.69, 9.17) is 9.88 Å². The van der Waals surface area contributed by atoms with Gasteiger partial charge in [0.05, 0.1) is 10.5 Å². The maximum absolute atomic E-state index is 11.2. The molecule has 0 amide bonds. The lowest BCUT2D eigenvalue weighted by molar-refractivity contribution is -0.0630. The van der Waals surface area contributed by atoms with E-state index in [9.17, 15) is 8.42 Å². The molecule has 1 atom stereocenters. The third-order valence-electron chi connectivity index (χ3n) is 3.54. The summed E-state index contributed by atoms with van der Waals surface area (Å²) in [7, 11) is -3.61. The van der Waals surface area contributed by atoms with Gasteiger partial charge in [0, 0.05) is 19.2 Å². The molecule has 6 heteroatoms. The first-order chi connectivity index (χ1) is 9.26. The van der Waals surface area contributed by atoms with Gasteiger partial charge in [0.1, 0.15) is 0 Å². The predicted molar refractivity (Wildman–Crippen MR) is 77.7 cm³/mol. The molecule has 0 saturated carbocycles. The fourth-order valence-corrected chi connectivity index (χ4v) is 2.98. The van der Waals surface area contributed by atoms with Gasteiger partial charge in [-0.1, -0.05) is 12.1 Å². The van der Waals surface area contributed by atoms with Crippen molar-refractivity contribution in [2.24, 2.45) is 5.14 Å². The van der Waals surface area contributed by atoms with Crippen LogP contribution in [0, 0.1) is 0 Å². The predicted octanol–water partition coefficient (Wildman–Crippen LogP) is 1.38. The van der Waals surface area contributed by atoms with Crippen molar-refractivity contribution in [3.8, 4) is 0 Å². The van der Waals surface area contributed by atoms with Gasteiger partial charge in [0.15, 0.2) is 0 Å². The summed E-state index contributed by atoms with van der Waals surface area (Å²) in [6.07, 6.45) is 1.97. The van der Waals surface area contributed by atoms with E-state index in [1.165, 1.54) is 0 Å². The van der Waals surface area contributed by atoms with E-state index in [-0.39, 0.29) is 10.5 Å². The smallest absolute Gasteiger partial charge is 0.238 e. The second-order valence-electron chi connectivity index (χ2n) is 5.87. The number of ether oxygens (including phenoxy) is 1. The number of primary sulfonamides is 1. The van der Waals surface area contributed by atoms with Crippen molar-refractivity contribution in [2.45, 2.75) is 49.8 Å². The average Bonchev–Trinajstić information content (AvgIpc) is 2.35. The highest BCUT2D eigenvalue weighted by atomic mass is 32.2. The monoisotopic (exact) mass is 298 g/mol. The van der Waals surface area contributed by atoms with Gasteiger partial charge in [-0.3, -0.25) is 0 Å². The molecule has 3 N–H and O–H groups in total. The number of sulfonamides is 1. The zero-order valence-corrected chi connectivity index (χ0v) is 12.7. The minimum absolute atomic E-state index is 0.0760. The van der Waals surface area contributed by atoms with Crippen molar-refractivity contribution >= 4 is 10.0 Å². The molecular weight excluding hydrogens is 276 g/mol. The van der Waals surface area contributed by atoms with Crippen molar-refractivity contribution in [1.29, 1.82) is 0 Å². The van der Waals surface area contributed by atoms with Crippen LogP contribution in [-0.4, -0.2) is 26.7 Å². The SMILES string of the molecule is CC1(C)CC(NCc2ccc(S(N)(=O)=O)cc2)CCO1. The van der Waals surface area contributed by atoms with E-state index in [0.29, 0.717) is 12.6 Å². The molecule has 112 valence electrons. The van der Waals surface area contributed by atoms with E-state index in [1.807, 2.05) is 0 Å². The Labute approximate surface area is 120 Å². The summed E-state index contributed by atoms with van der Waals surface area (Å²) in [5.74, 6) is 0. The third-order valence-corrected chi connectivity index (χ3v) is 4.47. The van der Waals surface area contributed by atoms with Crippen LogP contribution in [0.2, 0.25) is 0 Å². The van der Waals surface area contributed by atoms with Crippen LogP contribution in [-0.2, 0) is 21.3 Å². The molecule has 1 fully saturated rings. The molecule has 1 aliphatic heterocycles. The zero-order chi connectivity index (χ0) is 14.8. The summed E-state index contributed by atoms with van der Waals surface area (Å²) in [6, 6.07) is 7.09. The van der Waals surface area contributed by atoms with E-state index in [2.05, 4.69) is 19.2 Å². The Bertz CT molecular complexity index is 552. The van der Waals surface area contributed by atoms with Crippen LogP contribution in [0.3, 0.4) is 0 Å². The lowest BCUT2D eigenvalue weighted by Gasteiger charge is -2.36. The fraction of sp³-hybridized carbons (Fsp3) is 0.571. The summed E-state index contributed by atoms with van der Waals surface area (Å²) in [6.45, 7) is 5.68. The Morgan fingerprint density at radius 1 is 1.35 bits per heavy atom. The maximum atomic E-state index is 11.2. The van der Waals surface area contributed by atoms with E-state index in [0.717, 1.165) is 25.0 Å². The van der Waals surface area contributed by atoms with Gasteiger partial charge in [-0.15, -0.1) is 0 Å². The number of hydrogen-bond donors (Lipinski definition) is 2. The Morgan fingerprint density at radius 2 is 2.00 bits per heavy atom. The summed E-state index contributed by atoms with van der Waals surface area (Å²) >= 11 is 0. The van der Waals surface area contributed by atoms with Gasteiger partial charge < -0.3 is 10.1 Å². The maximum Gasteiger partial charge on any atom is 0.238 e. The summed E-state index contributed by atoms with van der Waals surface area (Å²) in [4.78, 5) is 0.147. The molecule has 1 aromatic rings. The molecule has 1 saturated heterocycles. The van der Waals surface area contributed by atoms with Gasteiger partial charge in [0.2, 0.25) is 10.0 Å². The highest BCUT2D eigenvalue weighted by molar-refractivity contribution is 7.89. The van der Waals surface area contributed by atoms with Gasteiger partial charge >= 0.3 is 0 Å². The Morgan fingerprint density at radius 3 is 2.55 bits per heavy atom. The van der Waals surface area contributed by atoms with Gasteiger partial charge in [-0.2, -0.15) is 0 Å². The Balaban J connectivity index is 1.91. The molecule has 0 spiro atoms. The van der Waals surface area contributed by atoms with Crippen LogP contribution < -0.4 is 10.5 Å². The molecule has 0 aromatic heterocycles. The minimum Gasteiger partial charge on any atom is -0.375 e. The van der Waals surface area contributed by atoms with Crippen molar-refractivity contribution in [3.05, 3.63) is 29.8 Å². The van der Waals surface area contributed by atoms with E-state index < -0.39 is 10.0 Å².